The van der Waals surface area contributed by atoms with Crippen LogP contribution in [0.1, 0.15) is 39.4 Å². The number of piperidine rings is 1. The van der Waals surface area contributed by atoms with Gasteiger partial charge < -0.3 is 19.5 Å². The number of aliphatic imine (C=N–C) groups is 1. The molecule has 0 aromatic carbocycles. The van der Waals surface area contributed by atoms with E-state index < -0.39 is 0 Å². The second kappa shape index (κ2) is 11.2. The number of nitrogens with one attached hydrogen (secondary N) is 1. The van der Waals surface area contributed by atoms with Gasteiger partial charge in [0.2, 0.25) is 0 Å². The molecule has 3 atom stereocenters. The molecule has 3 rings (SSSR count). The summed E-state index contributed by atoms with van der Waals surface area (Å²) in [4.78, 5) is 7.42. The van der Waals surface area contributed by atoms with Gasteiger partial charge in [0.05, 0.1) is 6.61 Å². The highest BCUT2D eigenvalue weighted by molar-refractivity contribution is 14.0. The fourth-order valence-electron chi connectivity index (χ4n) is 4.07. The zero-order chi connectivity index (χ0) is 18.4. The SMILES string of the molecule is CCc1nncn1CCNC(=NCC1CCOC1)N1CC(C)CC(C)C1.I. The number of hydrogen-bond acceptors (Lipinski definition) is 4. The summed E-state index contributed by atoms with van der Waals surface area (Å²) in [5, 5.41) is 11.8. The third-order valence-electron chi connectivity index (χ3n) is 5.34. The summed E-state index contributed by atoms with van der Waals surface area (Å²) in [5.41, 5.74) is 0. The Morgan fingerprint density at radius 1 is 1.33 bits per heavy atom. The minimum absolute atomic E-state index is 0. The zero-order valence-electron chi connectivity index (χ0n) is 16.9. The second-order valence-electron chi connectivity index (χ2n) is 7.97. The first-order valence-electron chi connectivity index (χ1n) is 10.1. The molecule has 2 aliphatic heterocycles. The first-order valence-corrected chi connectivity index (χ1v) is 10.1. The smallest absolute Gasteiger partial charge is 0.194 e. The molecule has 0 amide bonds. The molecule has 3 unspecified atom stereocenters. The van der Waals surface area contributed by atoms with E-state index in [1.54, 1.807) is 0 Å². The van der Waals surface area contributed by atoms with Gasteiger partial charge in [0.15, 0.2) is 5.96 Å². The Morgan fingerprint density at radius 2 is 2.11 bits per heavy atom. The van der Waals surface area contributed by atoms with Crippen LogP contribution in [0.15, 0.2) is 11.3 Å². The van der Waals surface area contributed by atoms with Gasteiger partial charge in [-0.15, -0.1) is 34.2 Å². The highest BCUT2D eigenvalue weighted by Gasteiger charge is 2.25. The van der Waals surface area contributed by atoms with Gasteiger partial charge in [-0.25, -0.2) is 0 Å². The lowest BCUT2D eigenvalue weighted by atomic mass is 9.92. The van der Waals surface area contributed by atoms with Gasteiger partial charge in [-0.3, -0.25) is 4.99 Å². The molecule has 0 saturated carbocycles. The Morgan fingerprint density at radius 3 is 2.78 bits per heavy atom. The van der Waals surface area contributed by atoms with E-state index in [0.29, 0.717) is 17.8 Å². The summed E-state index contributed by atoms with van der Waals surface area (Å²) in [5.74, 6) is 4.08. The molecule has 2 fully saturated rings. The molecule has 1 aromatic heterocycles. The molecule has 0 aliphatic carbocycles. The maximum absolute atomic E-state index is 5.50. The number of likely N-dealkylation sites (tertiary alicyclic amines) is 1. The fourth-order valence-corrected chi connectivity index (χ4v) is 4.07. The molecule has 0 spiro atoms. The molecule has 8 heteroatoms. The lowest BCUT2D eigenvalue weighted by molar-refractivity contribution is 0.186. The Balaban J connectivity index is 0.00000261. The third-order valence-corrected chi connectivity index (χ3v) is 5.34. The van der Waals surface area contributed by atoms with E-state index in [4.69, 9.17) is 9.73 Å². The largest absolute Gasteiger partial charge is 0.381 e. The van der Waals surface area contributed by atoms with Crippen LogP contribution in [-0.2, 0) is 17.7 Å². The van der Waals surface area contributed by atoms with E-state index >= 15 is 0 Å². The predicted molar refractivity (Wildman–Crippen MR) is 119 cm³/mol. The predicted octanol–water partition coefficient (Wildman–Crippen LogP) is 2.42. The molecule has 0 radical (unpaired) electrons. The van der Waals surface area contributed by atoms with E-state index in [1.807, 2.05) is 6.33 Å². The molecule has 154 valence electrons. The van der Waals surface area contributed by atoms with Crippen molar-refractivity contribution in [1.82, 2.24) is 25.0 Å². The average molecular weight is 490 g/mol. The quantitative estimate of drug-likeness (QED) is 0.377. The second-order valence-corrected chi connectivity index (χ2v) is 7.97. The first kappa shape index (κ1) is 22.4. The zero-order valence-corrected chi connectivity index (χ0v) is 19.3. The Hall–Kier alpha value is -0.900. The molecule has 3 heterocycles. The van der Waals surface area contributed by atoms with Crippen LogP contribution < -0.4 is 5.32 Å². The molecular weight excluding hydrogens is 455 g/mol. The fraction of sp³-hybridized carbons (Fsp3) is 0.842. The minimum Gasteiger partial charge on any atom is -0.381 e. The Labute approximate surface area is 180 Å². The van der Waals surface area contributed by atoms with Crippen LogP contribution in [-0.4, -0.2) is 65.0 Å². The van der Waals surface area contributed by atoms with Crippen LogP contribution in [0.25, 0.3) is 0 Å². The van der Waals surface area contributed by atoms with E-state index in [0.717, 1.165) is 70.6 Å². The van der Waals surface area contributed by atoms with Crippen LogP contribution in [0.2, 0.25) is 0 Å². The van der Waals surface area contributed by atoms with Crippen molar-refractivity contribution in [3.63, 3.8) is 0 Å². The van der Waals surface area contributed by atoms with E-state index in [2.05, 4.69) is 45.8 Å². The number of halogens is 1. The summed E-state index contributed by atoms with van der Waals surface area (Å²) in [6, 6.07) is 0. The van der Waals surface area contributed by atoms with Crippen molar-refractivity contribution in [1.29, 1.82) is 0 Å². The van der Waals surface area contributed by atoms with Gasteiger partial charge in [0.1, 0.15) is 12.2 Å². The summed E-state index contributed by atoms with van der Waals surface area (Å²) >= 11 is 0. The minimum atomic E-state index is 0. The number of hydrogen-bond donors (Lipinski definition) is 1. The monoisotopic (exact) mass is 490 g/mol. The number of aryl methyl sites for hydroxylation is 1. The molecule has 1 N–H and O–H groups in total. The summed E-state index contributed by atoms with van der Waals surface area (Å²) < 4.78 is 7.63. The van der Waals surface area contributed by atoms with Crippen molar-refractivity contribution < 1.29 is 4.74 Å². The van der Waals surface area contributed by atoms with Crippen molar-refractivity contribution in [2.24, 2.45) is 22.7 Å². The van der Waals surface area contributed by atoms with Crippen molar-refractivity contribution in [2.45, 2.75) is 46.6 Å². The van der Waals surface area contributed by atoms with E-state index in [9.17, 15) is 0 Å². The van der Waals surface area contributed by atoms with Crippen molar-refractivity contribution in [3.05, 3.63) is 12.2 Å². The molecular formula is C19H35IN6O. The molecule has 0 bridgehead atoms. The van der Waals surface area contributed by atoms with Crippen LogP contribution in [0.4, 0.5) is 0 Å². The molecule has 2 aliphatic rings. The normalized spacial score (nSPS) is 26.1. The average Bonchev–Trinajstić information content (AvgIpc) is 3.28. The number of nitrogens with zero attached hydrogens (tertiary/aromatic N) is 5. The Kier molecular flexibility index (Phi) is 9.28. The lowest BCUT2D eigenvalue weighted by Crippen LogP contribution is -2.49. The number of ether oxygens (including phenoxy) is 1. The molecule has 7 nitrogen and oxygen atoms in total. The third kappa shape index (κ3) is 6.58. The highest BCUT2D eigenvalue weighted by atomic mass is 127. The summed E-state index contributed by atoms with van der Waals surface area (Å²) in [6.07, 6.45) is 5.16. The van der Waals surface area contributed by atoms with Crippen molar-refractivity contribution in [3.8, 4) is 0 Å². The van der Waals surface area contributed by atoms with E-state index in [-0.39, 0.29) is 24.0 Å². The summed E-state index contributed by atoms with van der Waals surface area (Å²) in [6.45, 7) is 13.3. The van der Waals surface area contributed by atoms with Crippen molar-refractivity contribution in [2.75, 3.05) is 39.4 Å². The van der Waals surface area contributed by atoms with Gasteiger partial charge >= 0.3 is 0 Å². The number of guanidine groups is 1. The van der Waals surface area contributed by atoms with Crippen LogP contribution in [0, 0.1) is 17.8 Å². The van der Waals surface area contributed by atoms with Gasteiger partial charge in [-0.2, -0.15) is 0 Å². The molecule has 27 heavy (non-hydrogen) atoms. The van der Waals surface area contributed by atoms with Crippen molar-refractivity contribution >= 4 is 29.9 Å². The van der Waals surface area contributed by atoms with Crippen LogP contribution in [0.3, 0.4) is 0 Å². The molecule has 1 aromatic rings. The Bertz CT molecular complexity index is 577. The molecule has 2 saturated heterocycles. The standard InChI is InChI=1S/C19H34N6O.HI/c1-4-18-23-22-14-24(18)7-6-20-19(21-10-17-5-8-26-13-17)25-11-15(2)9-16(3)12-25;/h14-17H,4-13H2,1-3H3,(H,20,21);1H. The van der Waals surface area contributed by atoms with Gasteiger partial charge in [0.25, 0.3) is 0 Å². The summed E-state index contributed by atoms with van der Waals surface area (Å²) in [7, 11) is 0. The topological polar surface area (TPSA) is 67.6 Å². The van der Waals surface area contributed by atoms with Gasteiger partial charge in [-0.05, 0) is 24.7 Å². The number of aromatic nitrogens is 3. The van der Waals surface area contributed by atoms with Gasteiger partial charge in [0, 0.05) is 51.7 Å². The first-order chi connectivity index (χ1) is 12.7. The maximum atomic E-state index is 5.50. The number of rotatable bonds is 6. The maximum Gasteiger partial charge on any atom is 0.194 e. The lowest BCUT2D eigenvalue weighted by Gasteiger charge is -2.37. The highest BCUT2D eigenvalue weighted by Crippen LogP contribution is 2.21. The van der Waals surface area contributed by atoms with Crippen LogP contribution in [0.5, 0.6) is 0 Å². The van der Waals surface area contributed by atoms with E-state index in [1.165, 1.54) is 6.42 Å². The van der Waals surface area contributed by atoms with Crippen LogP contribution >= 0.6 is 24.0 Å². The van der Waals surface area contributed by atoms with Gasteiger partial charge in [-0.1, -0.05) is 20.8 Å².